The SMILES string of the molecule is CO[C@H]1CCN(CCC(=O)O)C1. The zero-order chi connectivity index (χ0) is 8.97. The molecule has 1 heterocycles. The molecule has 0 unspecified atom stereocenters. The molecular formula is C8H15NO3. The van der Waals surface area contributed by atoms with Crippen molar-refractivity contribution in [3.05, 3.63) is 0 Å². The maximum atomic E-state index is 10.2. The maximum absolute atomic E-state index is 10.2. The molecule has 1 aliphatic heterocycles. The summed E-state index contributed by atoms with van der Waals surface area (Å²) in [5, 5.41) is 8.44. The Morgan fingerprint density at radius 2 is 2.50 bits per heavy atom. The van der Waals surface area contributed by atoms with Crippen LogP contribution in [0.1, 0.15) is 12.8 Å². The molecule has 0 spiro atoms. The second-order valence-corrected chi connectivity index (χ2v) is 3.09. The van der Waals surface area contributed by atoms with Crippen LogP contribution in [0, 0.1) is 0 Å². The summed E-state index contributed by atoms with van der Waals surface area (Å²) in [7, 11) is 1.70. The Hall–Kier alpha value is -0.610. The molecular weight excluding hydrogens is 158 g/mol. The van der Waals surface area contributed by atoms with E-state index in [2.05, 4.69) is 4.90 Å². The average molecular weight is 173 g/mol. The van der Waals surface area contributed by atoms with Crippen LogP contribution in [0.3, 0.4) is 0 Å². The summed E-state index contributed by atoms with van der Waals surface area (Å²) in [6.07, 6.45) is 1.56. The number of ether oxygens (including phenoxy) is 1. The van der Waals surface area contributed by atoms with Gasteiger partial charge in [-0.2, -0.15) is 0 Å². The van der Waals surface area contributed by atoms with Crippen molar-refractivity contribution in [2.24, 2.45) is 0 Å². The molecule has 0 bridgehead atoms. The molecule has 0 aliphatic carbocycles. The van der Waals surface area contributed by atoms with E-state index >= 15 is 0 Å². The number of carboxylic acids is 1. The van der Waals surface area contributed by atoms with Crippen molar-refractivity contribution in [2.45, 2.75) is 18.9 Å². The van der Waals surface area contributed by atoms with Crippen LogP contribution in [0.2, 0.25) is 0 Å². The van der Waals surface area contributed by atoms with Crippen molar-refractivity contribution in [1.82, 2.24) is 4.90 Å². The molecule has 0 aromatic carbocycles. The molecule has 12 heavy (non-hydrogen) atoms. The number of methoxy groups -OCH3 is 1. The lowest BCUT2D eigenvalue weighted by Crippen LogP contribution is -2.25. The summed E-state index contributed by atoms with van der Waals surface area (Å²) in [6.45, 7) is 2.49. The van der Waals surface area contributed by atoms with Crippen molar-refractivity contribution in [3.63, 3.8) is 0 Å². The second-order valence-electron chi connectivity index (χ2n) is 3.09. The summed E-state index contributed by atoms with van der Waals surface area (Å²) in [5.41, 5.74) is 0. The van der Waals surface area contributed by atoms with Crippen molar-refractivity contribution < 1.29 is 14.6 Å². The van der Waals surface area contributed by atoms with Gasteiger partial charge in [-0.15, -0.1) is 0 Å². The second kappa shape index (κ2) is 4.42. The molecule has 1 atom stereocenters. The molecule has 0 amide bonds. The van der Waals surface area contributed by atoms with Crippen molar-refractivity contribution in [2.75, 3.05) is 26.7 Å². The molecule has 4 nitrogen and oxygen atoms in total. The van der Waals surface area contributed by atoms with Crippen LogP contribution >= 0.6 is 0 Å². The molecule has 1 N–H and O–H groups in total. The molecule has 1 aliphatic rings. The van der Waals surface area contributed by atoms with E-state index in [9.17, 15) is 4.79 Å². The van der Waals surface area contributed by atoms with E-state index in [0.717, 1.165) is 19.5 Å². The number of carboxylic acid groups (broad SMARTS) is 1. The van der Waals surface area contributed by atoms with Gasteiger partial charge in [-0.25, -0.2) is 0 Å². The molecule has 70 valence electrons. The van der Waals surface area contributed by atoms with Crippen molar-refractivity contribution in [1.29, 1.82) is 0 Å². The standard InChI is InChI=1S/C8H15NO3/c1-12-7-2-4-9(6-7)5-3-8(10)11/h7H,2-6H2,1H3,(H,10,11)/t7-/m0/s1. The third-order valence-electron chi connectivity index (χ3n) is 2.20. The van der Waals surface area contributed by atoms with Crippen molar-refractivity contribution in [3.8, 4) is 0 Å². The Bertz CT molecular complexity index is 160. The fraction of sp³-hybridized carbons (Fsp3) is 0.875. The van der Waals surface area contributed by atoms with Crippen LogP contribution in [0.15, 0.2) is 0 Å². The van der Waals surface area contributed by atoms with Gasteiger partial charge in [0, 0.05) is 26.7 Å². The van der Waals surface area contributed by atoms with E-state index in [1.54, 1.807) is 7.11 Å². The van der Waals surface area contributed by atoms with Gasteiger partial charge in [0.1, 0.15) is 0 Å². The van der Waals surface area contributed by atoms with Crippen LogP contribution in [-0.2, 0) is 9.53 Å². The lowest BCUT2D eigenvalue weighted by molar-refractivity contribution is -0.137. The fourth-order valence-corrected chi connectivity index (χ4v) is 1.45. The monoisotopic (exact) mass is 173 g/mol. The molecule has 4 heteroatoms. The summed E-state index contributed by atoms with van der Waals surface area (Å²) in [5.74, 6) is -0.726. The topological polar surface area (TPSA) is 49.8 Å². The van der Waals surface area contributed by atoms with Gasteiger partial charge in [0.25, 0.3) is 0 Å². The molecule has 0 aromatic rings. The van der Waals surface area contributed by atoms with E-state index in [1.165, 1.54) is 0 Å². The van der Waals surface area contributed by atoms with Gasteiger partial charge in [-0.3, -0.25) is 4.79 Å². The fourth-order valence-electron chi connectivity index (χ4n) is 1.45. The van der Waals surface area contributed by atoms with Gasteiger partial charge in [0.2, 0.25) is 0 Å². The third kappa shape index (κ3) is 2.79. The van der Waals surface area contributed by atoms with Crippen LogP contribution < -0.4 is 0 Å². The van der Waals surface area contributed by atoms with E-state index in [4.69, 9.17) is 9.84 Å². The summed E-state index contributed by atoms with van der Waals surface area (Å²) >= 11 is 0. The van der Waals surface area contributed by atoms with Gasteiger partial charge in [0.05, 0.1) is 12.5 Å². The zero-order valence-electron chi connectivity index (χ0n) is 7.32. The first kappa shape index (κ1) is 9.48. The van der Waals surface area contributed by atoms with Gasteiger partial charge < -0.3 is 14.7 Å². The predicted octanol–water partition coefficient (Wildman–Crippen LogP) is 0.182. The normalized spacial score (nSPS) is 24.6. The van der Waals surface area contributed by atoms with E-state index < -0.39 is 5.97 Å². The third-order valence-corrected chi connectivity index (χ3v) is 2.20. The van der Waals surface area contributed by atoms with E-state index in [0.29, 0.717) is 12.6 Å². The highest BCUT2D eigenvalue weighted by molar-refractivity contribution is 5.66. The van der Waals surface area contributed by atoms with Crippen LogP contribution in [0.5, 0.6) is 0 Å². The Morgan fingerprint density at radius 3 is 3.00 bits per heavy atom. The smallest absolute Gasteiger partial charge is 0.304 e. The van der Waals surface area contributed by atoms with Crippen LogP contribution in [-0.4, -0.2) is 48.8 Å². The first-order valence-corrected chi connectivity index (χ1v) is 4.19. The number of nitrogens with zero attached hydrogens (tertiary/aromatic N) is 1. The Kier molecular flexibility index (Phi) is 3.49. The highest BCUT2D eigenvalue weighted by atomic mass is 16.5. The van der Waals surface area contributed by atoms with Gasteiger partial charge >= 0.3 is 5.97 Å². The van der Waals surface area contributed by atoms with Crippen LogP contribution in [0.4, 0.5) is 0 Å². The molecule has 1 rings (SSSR count). The number of hydrogen-bond acceptors (Lipinski definition) is 3. The summed E-state index contributed by atoms with van der Waals surface area (Å²) < 4.78 is 5.16. The van der Waals surface area contributed by atoms with Crippen LogP contribution in [0.25, 0.3) is 0 Å². The molecule has 0 saturated carbocycles. The molecule has 1 saturated heterocycles. The summed E-state index contributed by atoms with van der Waals surface area (Å²) in [6, 6.07) is 0. The highest BCUT2D eigenvalue weighted by Gasteiger charge is 2.21. The minimum Gasteiger partial charge on any atom is -0.481 e. The molecule has 0 aromatic heterocycles. The summed E-state index contributed by atoms with van der Waals surface area (Å²) in [4.78, 5) is 12.4. The highest BCUT2D eigenvalue weighted by Crippen LogP contribution is 2.11. The Balaban J connectivity index is 2.15. The Labute approximate surface area is 72.1 Å². The van der Waals surface area contributed by atoms with E-state index in [1.807, 2.05) is 0 Å². The average Bonchev–Trinajstić information content (AvgIpc) is 2.48. The van der Waals surface area contributed by atoms with Gasteiger partial charge in [-0.05, 0) is 6.42 Å². The lowest BCUT2D eigenvalue weighted by atomic mass is 10.3. The number of rotatable bonds is 4. The number of aliphatic carboxylic acids is 1. The molecule has 0 radical (unpaired) electrons. The number of likely N-dealkylation sites (tertiary alicyclic amines) is 1. The predicted molar refractivity (Wildman–Crippen MR) is 44.1 cm³/mol. The zero-order valence-corrected chi connectivity index (χ0v) is 7.32. The minimum absolute atomic E-state index is 0.233. The first-order valence-electron chi connectivity index (χ1n) is 4.19. The minimum atomic E-state index is -0.726. The number of hydrogen-bond donors (Lipinski definition) is 1. The van der Waals surface area contributed by atoms with Gasteiger partial charge in [0.15, 0.2) is 0 Å². The lowest BCUT2D eigenvalue weighted by Gasteiger charge is -2.13. The van der Waals surface area contributed by atoms with Crippen molar-refractivity contribution >= 4 is 5.97 Å². The van der Waals surface area contributed by atoms with E-state index in [-0.39, 0.29) is 6.42 Å². The largest absolute Gasteiger partial charge is 0.481 e. The number of carbonyl (C=O) groups is 1. The maximum Gasteiger partial charge on any atom is 0.304 e. The Morgan fingerprint density at radius 1 is 1.75 bits per heavy atom. The molecule has 1 fully saturated rings. The van der Waals surface area contributed by atoms with Gasteiger partial charge in [-0.1, -0.05) is 0 Å². The first-order chi connectivity index (χ1) is 5.72. The quantitative estimate of drug-likeness (QED) is 0.659.